The van der Waals surface area contributed by atoms with Gasteiger partial charge in [-0.05, 0) is 59.5 Å². The Balaban J connectivity index is 2.21. The molecule has 0 aliphatic carbocycles. The summed E-state index contributed by atoms with van der Waals surface area (Å²) < 4.78 is 0.799. The predicted molar refractivity (Wildman–Crippen MR) is 98.5 cm³/mol. The van der Waals surface area contributed by atoms with E-state index in [1.165, 1.54) is 17.7 Å². The maximum atomic E-state index is 12.5. The van der Waals surface area contributed by atoms with Crippen LogP contribution in [0.3, 0.4) is 0 Å². The molecule has 5 nitrogen and oxygen atoms in total. The first-order valence-electron chi connectivity index (χ1n) is 7.77. The van der Waals surface area contributed by atoms with Crippen LogP contribution in [0, 0.1) is 17.0 Å². The minimum Gasteiger partial charge on any atom is -0.321 e. The van der Waals surface area contributed by atoms with Crippen molar-refractivity contribution < 1.29 is 9.72 Å². The van der Waals surface area contributed by atoms with Gasteiger partial charge in [-0.3, -0.25) is 14.9 Å². The molecule has 0 aromatic heterocycles. The monoisotopic (exact) mass is 390 g/mol. The summed E-state index contributed by atoms with van der Waals surface area (Å²) in [6.07, 6.45) is 3.24. The van der Waals surface area contributed by atoms with Gasteiger partial charge in [-0.1, -0.05) is 25.5 Å². The average molecular weight is 391 g/mol. The number of anilines is 1. The number of carbonyl (C=O) groups excluding carboxylic acids is 1. The number of aryl methyl sites for hydroxylation is 1. The lowest BCUT2D eigenvalue weighted by molar-refractivity contribution is -0.385. The number of hydrogen-bond donors (Lipinski definition) is 1. The molecule has 0 bridgehead atoms. The first-order chi connectivity index (χ1) is 11.4. The number of unbranched alkanes of at least 4 members (excludes halogenated alkanes) is 1. The van der Waals surface area contributed by atoms with Gasteiger partial charge in [0.15, 0.2) is 0 Å². The first kappa shape index (κ1) is 18.1. The normalized spacial score (nSPS) is 10.5. The number of nitro benzene ring substituents is 1. The van der Waals surface area contributed by atoms with E-state index in [2.05, 4.69) is 28.2 Å². The molecule has 0 radical (unpaired) electrons. The molecule has 0 fully saturated rings. The summed E-state index contributed by atoms with van der Waals surface area (Å²) >= 11 is 3.47. The van der Waals surface area contributed by atoms with Crippen molar-refractivity contribution in [1.29, 1.82) is 0 Å². The molecule has 0 spiro atoms. The van der Waals surface area contributed by atoms with Gasteiger partial charge in [0.25, 0.3) is 11.6 Å². The number of nitrogens with zero attached hydrogens (tertiary/aromatic N) is 1. The standard InChI is InChI=1S/C18H19BrN2O3/c1-3-4-6-13-9-10-16(15(19)11-13)20-18(22)14-7-5-8-17(12(14)2)21(23)24/h5,7-11H,3-4,6H2,1-2H3,(H,20,22). The van der Waals surface area contributed by atoms with Crippen LogP contribution in [-0.4, -0.2) is 10.8 Å². The van der Waals surface area contributed by atoms with E-state index in [9.17, 15) is 14.9 Å². The predicted octanol–water partition coefficient (Wildman–Crippen LogP) is 5.26. The van der Waals surface area contributed by atoms with Gasteiger partial charge in [-0.15, -0.1) is 0 Å². The first-order valence-corrected chi connectivity index (χ1v) is 8.57. The van der Waals surface area contributed by atoms with Crippen LogP contribution >= 0.6 is 15.9 Å². The molecule has 0 heterocycles. The van der Waals surface area contributed by atoms with Gasteiger partial charge in [0.2, 0.25) is 0 Å². The molecule has 0 atom stereocenters. The largest absolute Gasteiger partial charge is 0.321 e. The van der Waals surface area contributed by atoms with E-state index in [1.54, 1.807) is 13.0 Å². The van der Waals surface area contributed by atoms with Crippen molar-refractivity contribution in [3.63, 3.8) is 0 Å². The quantitative estimate of drug-likeness (QED) is 0.539. The molecule has 0 aliphatic heterocycles. The highest BCUT2D eigenvalue weighted by Gasteiger charge is 2.18. The molecule has 1 amide bonds. The molecular weight excluding hydrogens is 372 g/mol. The van der Waals surface area contributed by atoms with Crippen LogP contribution in [0.4, 0.5) is 11.4 Å². The lowest BCUT2D eigenvalue weighted by Gasteiger charge is -2.11. The third-order valence-corrected chi connectivity index (χ3v) is 4.50. The Morgan fingerprint density at radius 1 is 1.29 bits per heavy atom. The van der Waals surface area contributed by atoms with E-state index in [0.717, 1.165) is 23.7 Å². The van der Waals surface area contributed by atoms with Crippen molar-refractivity contribution in [2.45, 2.75) is 33.1 Å². The fraction of sp³-hybridized carbons (Fsp3) is 0.278. The van der Waals surface area contributed by atoms with Gasteiger partial charge in [-0.2, -0.15) is 0 Å². The Morgan fingerprint density at radius 2 is 2.04 bits per heavy atom. The van der Waals surface area contributed by atoms with Gasteiger partial charge in [0.05, 0.1) is 10.6 Å². The number of carbonyl (C=O) groups is 1. The number of nitro groups is 1. The molecule has 2 aromatic rings. The van der Waals surface area contributed by atoms with Crippen molar-refractivity contribution in [3.05, 3.63) is 67.7 Å². The van der Waals surface area contributed by atoms with Crippen molar-refractivity contribution in [2.75, 3.05) is 5.32 Å². The third kappa shape index (κ3) is 4.20. The summed E-state index contributed by atoms with van der Waals surface area (Å²) in [5.41, 5.74) is 2.44. The molecule has 2 aromatic carbocycles. The van der Waals surface area contributed by atoms with Crippen LogP contribution in [0.2, 0.25) is 0 Å². The van der Waals surface area contributed by atoms with Crippen LogP contribution in [0.5, 0.6) is 0 Å². The Bertz CT molecular complexity index is 775. The summed E-state index contributed by atoms with van der Waals surface area (Å²) in [6.45, 7) is 3.72. The van der Waals surface area contributed by atoms with Crippen LogP contribution in [0.25, 0.3) is 0 Å². The van der Waals surface area contributed by atoms with Gasteiger partial charge in [0.1, 0.15) is 0 Å². The summed E-state index contributed by atoms with van der Waals surface area (Å²) in [4.78, 5) is 23.0. The molecule has 2 rings (SSSR count). The lowest BCUT2D eigenvalue weighted by Crippen LogP contribution is -2.14. The van der Waals surface area contributed by atoms with Gasteiger partial charge >= 0.3 is 0 Å². The number of amides is 1. The average Bonchev–Trinajstić information content (AvgIpc) is 2.55. The van der Waals surface area contributed by atoms with Crippen LogP contribution < -0.4 is 5.32 Å². The zero-order chi connectivity index (χ0) is 17.7. The molecule has 0 saturated carbocycles. The fourth-order valence-corrected chi connectivity index (χ4v) is 2.98. The summed E-state index contributed by atoms with van der Waals surface area (Å²) in [5.74, 6) is -0.363. The minimum absolute atomic E-state index is 0.0587. The van der Waals surface area contributed by atoms with Gasteiger partial charge in [-0.25, -0.2) is 0 Å². The number of rotatable bonds is 6. The highest BCUT2D eigenvalue weighted by Crippen LogP contribution is 2.27. The molecule has 1 N–H and O–H groups in total. The highest BCUT2D eigenvalue weighted by atomic mass is 79.9. The molecule has 6 heteroatoms. The zero-order valence-corrected chi connectivity index (χ0v) is 15.2. The van der Waals surface area contributed by atoms with E-state index < -0.39 is 4.92 Å². The smallest absolute Gasteiger partial charge is 0.273 e. The van der Waals surface area contributed by atoms with Crippen LogP contribution in [0.15, 0.2) is 40.9 Å². The van der Waals surface area contributed by atoms with E-state index in [0.29, 0.717) is 16.8 Å². The van der Waals surface area contributed by atoms with Crippen molar-refractivity contribution in [3.8, 4) is 0 Å². The molecule has 126 valence electrons. The molecule has 0 aliphatic rings. The summed E-state index contributed by atoms with van der Waals surface area (Å²) in [5, 5.41) is 13.8. The summed E-state index contributed by atoms with van der Waals surface area (Å²) in [7, 11) is 0. The topological polar surface area (TPSA) is 72.2 Å². The Kier molecular flexibility index (Phi) is 6.09. The Hall–Kier alpha value is -2.21. The molecular formula is C18H19BrN2O3. The summed E-state index contributed by atoms with van der Waals surface area (Å²) in [6, 6.07) is 10.3. The van der Waals surface area contributed by atoms with E-state index in [1.807, 2.05) is 18.2 Å². The van der Waals surface area contributed by atoms with Gasteiger partial charge in [0, 0.05) is 21.7 Å². The number of benzene rings is 2. The lowest BCUT2D eigenvalue weighted by atomic mass is 10.1. The molecule has 24 heavy (non-hydrogen) atoms. The molecule has 0 unspecified atom stereocenters. The van der Waals surface area contributed by atoms with E-state index >= 15 is 0 Å². The fourth-order valence-electron chi connectivity index (χ4n) is 2.45. The second-order valence-electron chi connectivity index (χ2n) is 5.58. The maximum Gasteiger partial charge on any atom is 0.273 e. The number of nitrogens with one attached hydrogen (secondary N) is 1. The van der Waals surface area contributed by atoms with Crippen LogP contribution in [-0.2, 0) is 6.42 Å². The highest BCUT2D eigenvalue weighted by molar-refractivity contribution is 9.10. The van der Waals surface area contributed by atoms with Crippen molar-refractivity contribution in [1.82, 2.24) is 0 Å². The van der Waals surface area contributed by atoms with Gasteiger partial charge < -0.3 is 5.32 Å². The second kappa shape index (κ2) is 8.06. The van der Waals surface area contributed by atoms with E-state index in [4.69, 9.17) is 0 Å². The zero-order valence-electron chi connectivity index (χ0n) is 13.6. The van der Waals surface area contributed by atoms with E-state index in [-0.39, 0.29) is 11.6 Å². The number of halogens is 1. The van der Waals surface area contributed by atoms with Crippen molar-refractivity contribution in [2.24, 2.45) is 0 Å². The van der Waals surface area contributed by atoms with Crippen LogP contribution in [0.1, 0.15) is 41.3 Å². The SMILES string of the molecule is CCCCc1ccc(NC(=O)c2cccc([N+](=O)[O-])c2C)c(Br)c1. The maximum absolute atomic E-state index is 12.5. The molecule has 0 saturated heterocycles. The third-order valence-electron chi connectivity index (χ3n) is 3.85. The van der Waals surface area contributed by atoms with Crippen molar-refractivity contribution >= 4 is 33.2 Å². The Morgan fingerprint density at radius 3 is 2.67 bits per heavy atom. The number of hydrogen-bond acceptors (Lipinski definition) is 3. The minimum atomic E-state index is -0.482. The second-order valence-corrected chi connectivity index (χ2v) is 6.43. The Labute approximate surface area is 149 Å².